The summed E-state index contributed by atoms with van der Waals surface area (Å²) in [6, 6.07) is 10.4. The van der Waals surface area contributed by atoms with Crippen molar-refractivity contribution in [2.75, 3.05) is 23.3 Å². The van der Waals surface area contributed by atoms with Gasteiger partial charge in [-0.2, -0.15) is 0 Å². The summed E-state index contributed by atoms with van der Waals surface area (Å²) in [5, 5.41) is 2.84. The van der Waals surface area contributed by atoms with Crippen LogP contribution in [0.15, 0.2) is 52.4 Å². The van der Waals surface area contributed by atoms with E-state index in [9.17, 15) is 8.42 Å². The SMILES string of the molecule is CNc1ccc(S(=O)(=O)Nc2cccc(SC)c2)cn1. The van der Waals surface area contributed by atoms with E-state index < -0.39 is 10.0 Å². The van der Waals surface area contributed by atoms with Crippen LogP contribution >= 0.6 is 11.8 Å². The average molecular weight is 309 g/mol. The molecule has 1 heterocycles. The van der Waals surface area contributed by atoms with Crippen molar-refractivity contribution < 1.29 is 8.42 Å². The molecule has 0 radical (unpaired) electrons. The summed E-state index contributed by atoms with van der Waals surface area (Å²) in [6.07, 6.45) is 3.26. The van der Waals surface area contributed by atoms with Gasteiger partial charge in [-0.1, -0.05) is 6.07 Å². The zero-order valence-corrected chi connectivity index (χ0v) is 12.8. The Hall–Kier alpha value is -1.73. The lowest BCUT2D eigenvalue weighted by molar-refractivity contribution is 0.601. The van der Waals surface area contributed by atoms with Crippen LogP contribution in [0.2, 0.25) is 0 Å². The zero-order chi connectivity index (χ0) is 14.6. The molecule has 1 aromatic heterocycles. The maximum Gasteiger partial charge on any atom is 0.263 e. The van der Waals surface area contributed by atoms with E-state index in [0.29, 0.717) is 11.5 Å². The number of hydrogen-bond donors (Lipinski definition) is 2. The topological polar surface area (TPSA) is 71.1 Å². The highest BCUT2D eigenvalue weighted by Gasteiger charge is 2.14. The predicted molar refractivity (Wildman–Crippen MR) is 82.8 cm³/mol. The minimum Gasteiger partial charge on any atom is -0.373 e. The quantitative estimate of drug-likeness (QED) is 0.831. The molecular weight excluding hydrogens is 294 g/mol. The molecule has 7 heteroatoms. The number of rotatable bonds is 5. The van der Waals surface area contributed by atoms with Gasteiger partial charge in [-0.3, -0.25) is 4.72 Å². The fourth-order valence-corrected chi connectivity index (χ4v) is 3.04. The molecule has 1 aromatic carbocycles. The third kappa shape index (κ3) is 3.43. The van der Waals surface area contributed by atoms with Crippen molar-refractivity contribution in [1.82, 2.24) is 4.98 Å². The summed E-state index contributed by atoms with van der Waals surface area (Å²) in [7, 11) is -1.89. The van der Waals surface area contributed by atoms with E-state index in [1.165, 1.54) is 12.3 Å². The highest BCUT2D eigenvalue weighted by molar-refractivity contribution is 7.98. The second kappa shape index (κ2) is 6.15. The maximum atomic E-state index is 12.2. The summed E-state index contributed by atoms with van der Waals surface area (Å²) < 4.78 is 27.0. The van der Waals surface area contributed by atoms with Crippen molar-refractivity contribution in [1.29, 1.82) is 0 Å². The molecule has 5 nitrogen and oxygen atoms in total. The molecule has 0 aliphatic carbocycles. The van der Waals surface area contributed by atoms with Gasteiger partial charge >= 0.3 is 0 Å². The van der Waals surface area contributed by atoms with Crippen LogP contribution in [0.25, 0.3) is 0 Å². The third-order valence-corrected chi connectivity index (χ3v) is 4.72. The second-order valence-electron chi connectivity index (χ2n) is 3.97. The fraction of sp³-hybridized carbons (Fsp3) is 0.154. The van der Waals surface area contributed by atoms with Gasteiger partial charge in [0, 0.05) is 23.8 Å². The highest BCUT2D eigenvalue weighted by Crippen LogP contribution is 2.21. The van der Waals surface area contributed by atoms with Crippen LogP contribution in [0.5, 0.6) is 0 Å². The standard InChI is InChI=1S/C13H15N3O2S2/c1-14-13-7-6-12(9-15-13)20(17,18)16-10-4-3-5-11(8-10)19-2/h3-9,16H,1-2H3,(H,14,15). The molecule has 0 atom stereocenters. The molecule has 0 aliphatic heterocycles. The number of thioether (sulfide) groups is 1. The number of aromatic nitrogens is 1. The largest absolute Gasteiger partial charge is 0.373 e. The molecule has 0 aliphatic rings. The summed E-state index contributed by atoms with van der Waals surface area (Å²) >= 11 is 1.55. The Morgan fingerprint density at radius 2 is 2.00 bits per heavy atom. The first kappa shape index (κ1) is 14.7. The van der Waals surface area contributed by atoms with Gasteiger partial charge < -0.3 is 5.32 Å². The van der Waals surface area contributed by atoms with Crippen molar-refractivity contribution in [2.45, 2.75) is 9.79 Å². The summed E-state index contributed by atoms with van der Waals surface area (Å²) in [5.41, 5.74) is 0.537. The van der Waals surface area contributed by atoms with Crippen molar-refractivity contribution >= 4 is 33.3 Å². The van der Waals surface area contributed by atoms with Gasteiger partial charge in [-0.05, 0) is 36.6 Å². The van der Waals surface area contributed by atoms with Gasteiger partial charge in [0.15, 0.2) is 0 Å². The number of benzene rings is 1. The molecule has 2 rings (SSSR count). The Morgan fingerprint density at radius 3 is 2.60 bits per heavy atom. The summed E-state index contributed by atoms with van der Waals surface area (Å²) in [4.78, 5) is 5.13. The van der Waals surface area contributed by atoms with E-state index in [4.69, 9.17) is 0 Å². The smallest absolute Gasteiger partial charge is 0.263 e. The monoisotopic (exact) mass is 309 g/mol. The molecule has 0 bridgehead atoms. The first-order valence-corrected chi connectivity index (χ1v) is 8.56. The fourth-order valence-electron chi connectivity index (χ4n) is 1.59. The van der Waals surface area contributed by atoms with E-state index >= 15 is 0 Å². The lowest BCUT2D eigenvalue weighted by Gasteiger charge is -2.09. The highest BCUT2D eigenvalue weighted by atomic mass is 32.2. The van der Waals surface area contributed by atoms with E-state index in [0.717, 1.165) is 4.90 Å². The number of nitrogens with zero attached hydrogens (tertiary/aromatic N) is 1. The Morgan fingerprint density at radius 1 is 1.20 bits per heavy atom. The van der Waals surface area contributed by atoms with Gasteiger partial charge in [-0.15, -0.1) is 11.8 Å². The van der Waals surface area contributed by atoms with E-state index in [-0.39, 0.29) is 4.90 Å². The molecule has 0 fully saturated rings. The molecule has 2 N–H and O–H groups in total. The van der Waals surface area contributed by atoms with E-state index in [1.807, 2.05) is 18.4 Å². The Balaban J connectivity index is 2.25. The first-order chi connectivity index (χ1) is 9.55. The van der Waals surface area contributed by atoms with Crippen LogP contribution in [0.4, 0.5) is 11.5 Å². The Labute approximate surface area is 122 Å². The van der Waals surface area contributed by atoms with Gasteiger partial charge in [0.2, 0.25) is 0 Å². The predicted octanol–water partition coefficient (Wildman–Crippen LogP) is 2.65. The zero-order valence-electron chi connectivity index (χ0n) is 11.1. The van der Waals surface area contributed by atoms with Gasteiger partial charge in [-0.25, -0.2) is 13.4 Å². The molecule has 0 spiro atoms. The third-order valence-electron chi connectivity index (χ3n) is 2.62. The molecule has 20 heavy (non-hydrogen) atoms. The lowest BCUT2D eigenvalue weighted by atomic mass is 10.3. The molecule has 0 saturated heterocycles. The maximum absolute atomic E-state index is 12.2. The van der Waals surface area contributed by atoms with Gasteiger partial charge in [0.25, 0.3) is 10.0 Å². The number of hydrogen-bond acceptors (Lipinski definition) is 5. The molecule has 0 amide bonds. The minimum atomic E-state index is -3.61. The van der Waals surface area contributed by atoms with Crippen LogP contribution in [-0.2, 0) is 10.0 Å². The molecule has 0 saturated carbocycles. The molecule has 106 valence electrons. The van der Waals surface area contributed by atoms with E-state index in [2.05, 4.69) is 15.0 Å². The summed E-state index contributed by atoms with van der Waals surface area (Å²) in [5.74, 6) is 0.619. The second-order valence-corrected chi connectivity index (χ2v) is 6.53. The number of sulfonamides is 1. The number of anilines is 2. The average Bonchev–Trinajstić information content (AvgIpc) is 2.47. The van der Waals surface area contributed by atoms with E-state index in [1.54, 1.807) is 37.0 Å². The Bertz CT molecular complexity index is 685. The molecule has 0 unspecified atom stereocenters. The number of nitrogens with one attached hydrogen (secondary N) is 2. The van der Waals surface area contributed by atoms with Crippen LogP contribution in [0.1, 0.15) is 0 Å². The summed E-state index contributed by atoms with van der Waals surface area (Å²) in [6.45, 7) is 0. The number of pyridine rings is 1. The van der Waals surface area contributed by atoms with Crippen molar-refractivity contribution in [3.63, 3.8) is 0 Å². The van der Waals surface area contributed by atoms with Crippen LogP contribution in [0, 0.1) is 0 Å². The van der Waals surface area contributed by atoms with Crippen molar-refractivity contribution in [3.8, 4) is 0 Å². The molecular formula is C13H15N3O2S2. The first-order valence-electron chi connectivity index (χ1n) is 5.86. The normalized spacial score (nSPS) is 11.1. The molecule has 2 aromatic rings. The van der Waals surface area contributed by atoms with Crippen molar-refractivity contribution in [3.05, 3.63) is 42.6 Å². The van der Waals surface area contributed by atoms with Gasteiger partial charge in [0.05, 0.1) is 0 Å². The van der Waals surface area contributed by atoms with Gasteiger partial charge in [0.1, 0.15) is 10.7 Å². The minimum absolute atomic E-state index is 0.131. The van der Waals surface area contributed by atoms with Crippen LogP contribution in [-0.4, -0.2) is 26.7 Å². The van der Waals surface area contributed by atoms with Crippen molar-refractivity contribution in [2.24, 2.45) is 0 Å². The van der Waals surface area contributed by atoms with Crippen LogP contribution in [0.3, 0.4) is 0 Å². The van der Waals surface area contributed by atoms with Crippen LogP contribution < -0.4 is 10.0 Å². The lowest BCUT2D eigenvalue weighted by Crippen LogP contribution is -2.13. The Kier molecular flexibility index (Phi) is 4.51.